The van der Waals surface area contributed by atoms with E-state index < -0.39 is 0 Å². The molecule has 0 radical (unpaired) electrons. The second-order valence-corrected chi connectivity index (χ2v) is 7.19. The lowest BCUT2D eigenvalue weighted by Crippen LogP contribution is -2.35. The molecule has 1 amide bonds. The molecule has 2 aliphatic rings. The number of H-pyrrole nitrogens is 1. The molecule has 2 aromatic heterocycles. The zero-order chi connectivity index (χ0) is 18.4. The molecule has 0 aliphatic carbocycles. The Labute approximate surface area is 168 Å². The second kappa shape index (κ2) is 7.33. The van der Waals surface area contributed by atoms with E-state index in [9.17, 15) is 4.79 Å². The summed E-state index contributed by atoms with van der Waals surface area (Å²) in [5.41, 5.74) is 2.41. The van der Waals surface area contributed by atoms with Crippen LogP contribution < -0.4 is 5.32 Å². The summed E-state index contributed by atoms with van der Waals surface area (Å²) in [6.07, 6.45) is 3.00. The summed E-state index contributed by atoms with van der Waals surface area (Å²) < 4.78 is 1.56. The molecule has 9 nitrogen and oxygen atoms in total. The molecule has 2 N–H and O–H groups in total. The molecule has 3 atom stereocenters. The molecule has 0 saturated carbocycles. The van der Waals surface area contributed by atoms with E-state index in [-0.39, 0.29) is 30.2 Å². The van der Waals surface area contributed by atoms with E-state index in [2.05, 4.69) is 49.8 Å². The van der Waals surface area contributed by atoms with Gasteiger partial charge in [0.1, 0.15) is 12.7 Å². The van der Waals surface area contributed by atoms with Gasteiger partial charge < -0.3 is 10.2 Å². The number of carbonyl (C=O) groups excluding carboxylic acids is 1. The smallest absolute Gasteiger partial charge is 0.291 e. The number of carbonyl (C=O) groups is 1. The fraction of sp³-hybridized carbons (Fsp3) is 0.389. The third-order valence-electron chi connectivity index (χ3n) is 5.66. The largest absolute Gasteiger partial charge is 0.328 e. The Morgan fingerprint density at radius 3 is 2.75 bits per heavy atom. The van der Waals surface area contributed by atoms with Crippen molar-refractivity contribution in [2.75, 3.05) is 19.6 Å². The maximum absolute atomic E-state index is 13.3. The van der Waals surface area contributed by atoms with Crippen molar-refractivity contribution >= 4 is 18.3 Å². The van der Waals surface area contributed by atoms with Gasteiger partial charge in [-0.3, -0.25) is 14.5 Å². The van der Waals surface area contributed by atoms with Crippen LogP contribution in [0.2, 0.25) is 0 Å². The normalized spacial score (nSPS) is 23.5. The van der Waals surface area contributed by atoms with Crippen molar-refractivity contribution in [1.29, 1.82) is 0 Å². The Kier molecular flexibility index (Phi) is 4.86. The average Bonchev–Trinajstić information content (AvgIpc) is 3.44. The molecule has 4 heterocycles. The quantitative estimate of drug-likeness (QED) is 0.683. The number of amides is 1. The molecule has 10 heteroatoms. The first-order valence-electron chi connectivity index (χ1n) is 9.07. The fourth-order valence-corrected chi connectivity index (χ4v) is 4.35. The van der Waals surface area contributed by atoms with Gasteiger partial charge in [0.25, 0.3) is 11.9 Å². The SMILES string of the molecule is Cc1ccccc1[C@@H]1[C@H]2CNC[C@H]2CN1C(=O)c1nc(-n2cnnc2)n[nH]1.Cl. The van der Waals surface area contributed by atoms with Gasteiger partial charge in [0, 0.05) is 25.6 Å². The standard InChI is InChI=1S/C18H20N8O.ClH/c1-11-4-2-3-5-13(11)15-14-7-19-6-12(14)8-26(15)17(27)16-22-18(24-23-16)25-9-20-21-10-25;/h2-5,9-10,12,14-15,19H,6-8H2,1H3,(H,22,23,24);1H/t12-,14-,15+;/m0./s1. The number of halogens is 1. The van der Waals surface area contributed by atoms with E-state index in [1.807, 2.05) is 17.0 Å². The third kappa shape index (κ3) is 2.96. The van der Waals surface area contributed by atoms with E-state index in [4.69, 9.17) is 0 Å². The Morgan fingerprint density at radius 1 is 1.18 bits per heavy atom. The van der Waals surface area contributed by atoms with Crippen LogP contribution in [0.5, 0.6) is 0 Å². The number of aryl methyl sites for hydroxylation is 1. The van der Waals surface area contributed by atoms with Crippen LogP contribution in [0, 0.1) is 18.8 Å². The van der Waals surface area contributed by atoms with Gasteiger partial charge in [0.05, 0.1) is 6.04 Å². The molecule has 0 bridgehead atoms. The number of benzene rings is 1. The lowest BCUT2D eigenvalue weighted by molar-refractivity contribution is 0.0701. The topological polar surface area (TPSA) is 105 Å². The van der Waals surface area contributed by atoms with Crippen LogP contribution in [0.1, 0.15) is 27.8 Å². The molecule has 3 aromatic rings. The highest BCUT2D eigenvalue weighted by atomic mass is 35.5. The predicted octanol–water partition coefficient (Wildman–Crippen LogP) is 1.15. The van der Waals surface area contributed by atoms with Gasteiger partial charge >= 0.3 is 0 Å². The molecular weight excluding hydrogens is 380 g/mol. The first-order chi connectivity index (χ1) is 13.2. The minimum atomic E-state index is -0.121. The van der Waals surface area contributed by atoms with Crippen LogP contribution in [0.3, 0.4) is 0 Å². The summed E-state index contributed by atoms with van der Waals surface area (Å²) in [4.78, 5) is 19.6. The van der Waals surface area contributed by atoms with Gasteiger partial charge in [-0.05, 0) is 24.0 Å². The molecular formula is C18H21ClN8O. The van der Waals surface area contributed by atoms with Crippen molar-refractivity contribution in [3.05, 3.63) is 53.9 Å². The Balaban J connectivity index is 0.00000192. The second-order valence-electron chi connectivity index (χ2n) is 7.19. The zero-order valence-corrected chi connectivity index (χ0v) is 16.1. The molecule has 2 fully saturated rings. The fourth-order valence-electron chi connectivity index (χ4n) is 4.35. The summed E-state index contributed by atoms with van der Waals surface area (Å²) in [5, 5.41) is 17.9. The van der Waals surface area contributed by atoms with E-state index in [1.165, 1.54) is 23.8 Å². The monoisotopic (exact) mass is 400 g/mol. The Hall–Kier alpha value is -2.78. The zero-order valence-electron chi connectivity index (χ0n) is 15.3. The average molecular weight is 401 g/mol. The number of likely N-dealkylation sites (tertiary alicyclic amines) is 1. The van der Waals surface area contributed by atoms with E-state index in [0.717, 1.165) is 19.6 Å². The first-order valence-corrected chi connectivity index (χ1v) is 9.07. The lowest BCUT2D eigenvalue weighted by Gasteiger charge is -2.28. The van der Waals surface area contributed by atoms with Crippen molar-refractivity contribution in [3.8, 4) is 5.95 Å². The van der Waals surface area contributed by atoms with Crippen LogP contribution in [0.4, 0.5) is 0 Å². The van der Waals surface area contributed by atoms with Gasteiger partial charge in [-0.25, -0.2) is 0 Å². The number of nitrogens with one attached hydrogen (secondary N) is 2. The molecule has 146 valence electrons. The molecule has 2 aliphatic heterocycles. The van der Waals surface area contributed by atoms with Gasteiger partial charge in [0.2, 0.25) is 5.82 Å². The minimum Gasteiger partial charge on any atom is -0.328 e. The van der Waals surface area contributed by atoms with Crippen LogP contribution in [0.15, 0.2) is 36.9 Å². The van der Waals surface area contributed by atoms with Crippen LogP contribution in [0.25, 0.3) is 5.95 Å². The van der Waals surface area contributed by atoms with Crippen molar-refractivity contribution in [3.63, 3.8) is 0 Å². The van der Waals surface area contributed by atoms with Gasteiger partial charge in [-0.2, -0.15) is 4.98 Å². The van der Waals surface area contributed by atoms with Crippen LogP contribution in [-0.2, 0) is 0 Å². The van der Waals surface area contributed by atoms with E-state index in [1.54, 1.807) is 4.57 Å². The van der Waals surface area contributed by atoms with Crippen LogP contribution >= 0.6 is 12.4 Å². The van der Waals surface area contributed by atoms with Gasteiger partial charge in [0.15, 0.2) is 0 Å². The Bertz CT molecular complexity index is 972. The number of aromatic nitrogens is 6. The van der Waals surface area contributed by atoms with Gasteiger partial charge in [-0.1, -0.05) is 24.3 Å². The summed E-state index contributed by atoms with van der Waals surface area (Å²) in [6, 6.07) is 8.35. The van der Waals surface area contributed by atoms with Crippen molar-refractivity contribution in [2.24, 2.45) is 11.8 Å². The summed E-state index contributed by atoms with van der Waals surface area (Å²) >= 11 is 0. The summed E-state index contributed by atoms with van der Waals surface area (Å²) in [6.45, 7) is 4.69. The molecule has 2 saturated heterocycles. The Morgan fingerprint density at radius 2 is 1.96 bits per heavy atom. The molecule has 0 spiro atoms. The first kappa shape index (κ1) is 18.6. The van der Waals surface area contributed by atoms with E-state index in [0.29, 0.717) is 17.8 Å². The maximum Gasteiger partial charge on any atom is 0.291 e. The van der Waals surface area contributed by atoms with Crippen LogP contribution in [-0.4, -0.2) is 60.4 Å². The highest BCUT2D eigenvalue weighted by Crippen LogP contribution is 2.43. The number of nitrogens with zero attached hydrogens (tertiary/aromatic N) is 6. The third-order valence-corrected chi connectivity index (χ3v) is 5.66. The highest BCUT2D eigenvalue weighted by Gasteiger charge is 2.47. The minimum absolute atomic E-state index is 0. The number of fused-ring (bicyclic) bond motifs is 1. The molecule has 0 unspecified atom stereocenters. The number of aromatic amines is 1. The predicted molar refractivity (Wildman–Crippen MR) is 103 cm³/mol. The van der Waals surface area contributed by atoms with E-state index >= 15 is 0 Å². The maximum atomic E-state index is 13.3. The number of hydrogen-bond donors (Lipinski definition) is 2. The van der Waals surface area contributed by atoms with Gasteiger partial charge in [-0.15, -0.1) is 27.7 Å². The molecule has 5 rings (SSSR count). The van der Waals surface area contributed by atoms with Crippen molar-refractivity contribution in [1.82, 2.24) is 40.2 Å². The molecule has 1 aromatic carbocycles. The van der Waals surface area contributed by atoms with Crippen molar-refractivity contribution < 1.29 is 4.79 Å². The molecule has 28 heavy (non-hydrogen) atoms. The lowest BCUT2D eigenvalue weighted by atomic mass is 9.87. The van der Waals surface area contributed by atoms with Crippen molar-refractivity contribution in [2.45, 2.75) is 13.0 Å². The number of rotatable bonds is 3. The summed E-state index contributed by atoms with van der Waals surface area (Å²) in [5.74, 6) is 1.35. The highest BCUT2D eigenvalue weighted by molar-refractivity contribution is 5.91. The number of hydrogen-bond acceptors (Lipinski definition) is 6. The summed E-state index contributed by atoms with van der Waals surface area (Å²) in [7, 11) is 0.